The van der Waals surface area contributed by atoms with Gasteiger partial charge in [-0.05, 0) is 24.0 Å². The summed E-state index contributed by atoms with van der Waals surface area (Å²) in [5.41, 5.74) is 0. The van der Waals surface area contributed by atoms with Gasteiger partial charge < -0.3 is 4.74 Å². The molecular weight excluding hydrogens is 142 g/mol. The molecule has 0 spiro atoms. The fourth-order valence-corrected chi connectivity index (χ4v) is 1.50. The number of hydrogen-bond donors (Lipinski definition) is 0. The fourth-order valence-electron chi connectivity index (χ4n) is 1.50. The molecule has 0 N–H and O–H groups in total. The van der Waals surface area contributed by atoms with E-state index < -0.39 is 0 Å². The third-order valence-electron chi connectivity index (χ3n) is 2.11. The van der Waals surface area contributed by atoms with Crippen molar-refractivity contribution in [2.45, 2.75) is 38.4 Å². The molecule has 2 unspecified atom stereocenters. The third-order valence-corrected chi connectivity index (χ3v) is 2.11. The van der Waals surface area contributed by atoms with Crippen molar-refractivity contribution in [3.05, 3.63) is 4.91 Å². The van der Waals surface area contributed by atoms with Gasteiger partial charge in [-0.1, -0.05) is 6.92 Å². The Labute approximate surface area is 67.3 Å². The summed E-state index contributed by atoms with van der Waals surface area (Å²) in [5, 5.41) is 0. The minimum Gasteiger partial charge on any atom is -0.368 e. The summed E-state index contributed by atoms with van der Waals surface area (Å²) in [7, 11) is 1.54. The fraction of sp³-hybridized carbons (Fsp3) is 1.00. The average Bonchev–Trinajstić information content (AvgIpc) is 2.34. The molecule has 3 heteroatoms. The lowest BCUT2D eigenvalue weighted by Gasteiger charge is -2.06. The van der Waals surface area contributed by atoms with Crippen molar-refractivity contribution < 1.29 is 9.50 Å². The van der Waals surface area contributed by atoms with Crippen LogP contribution in [0.1, 0.15) is 26.2 Å². The summed E-state index contributed by atoms with van der Waals surface area (Å²) in [5.74, 6) is 0. The van der Waals surface area contributed by atoms with Gasteiger partial charge >= 0.3 is 0 Å². The van der Waals surface area contributed by atoms with Crippen LogP contribution >= 0.6 is 0 Å². The molecule has 0 aromatic rings. The van der Waals surface area contributed by atoms with Gasteiger partial charge in [0.2, 0.25) is 6.54 Å². The highest BCUT2D eigenvalue weighted by atomic mass is 16.5. The molecule has 0 aromatic carbocycles. The molecule has 0 bridgehead atoms. The van der Waals surface area contributed by atoms with E-state index in [0.717, 1.165) is 24.0 Å². The molecule has 0 saturated carbocycles. The van der Waals surface area contributed by atoms with E-state index >= 15 is 0 Å². The number of likely N-dealkylation sites (N-methyl/N-ethyl adjacent to an activating group) is 1. The van der Waals surface area contributed by atoms with Crippen molar-refractivity contribution >= 4 is 0 Å². The standard InChI is InChI=1S/C8H16NO2/c1-3-7-4-5-8(11-7)6-9(2)10/h7-8H,3-6H2,1-2H3/q+1. The third kappa shape index (κ3) is 2.58. The van der Waals surface area contributed by atoms with Crippen LogP contribution in [-0.4, -0.2) is 30.6 Å². The van der Waals surface area contributed by atoms with E-state index in [1.165, 1.54) is 0 Å². The first-order valence-electron chi connectivity index (χ1n) is 4.26. The molecule has 2 atom stereocenters. The second kappa shape index (κ2) is 3.81. The van der Waals surface area contributed by atoms with Crippen molar-refractivity contribution in [3.63, 3.8) is 0 Å². The van der Waals surface area contributed by atoms with Gasteiger partial charge in [-0.3, -0.25) is 0 Å². The molecule has 3 nitrogen and oxygen atoms in total. The Morgan fingerprint density at radius 1 is 1.45 bits per heavy atom. The van der Waals surface area contributed by atoms with Gasteiger partial charge in [0.05, 0.1) is 6.10 Å². The van der Waals surface area contributed by atoms with E-state index in [9.17, 15) is 4.91 Å². The van der Waals surface area contributed by atoms with Crippen LogP contribution in [0.3, 0.4) is 0 Å². The Bertz CT molecular complexity index is 147. The van der Waals surface area contributed by atoms with E-state index in [4.69, 9.17) is 4.74 Å². The smallest absolute Gasteiger partial charge is 0.217 e. The number of hydrogen-bond acceptors (Lipinski definition) is 2. The van der Waals surface area contributed by atoms with E-state index in [2.05, 4.69) is 6.92 Å². The Hall–Kier alpha value is -0.440. The number of nitroso groups, excluding NO2 is 1. The lowest BCUT2D eigenvalue weighted by Crippen LogP contribution is -2.20. The summed E-state index contributed by atoms with van der Waals surface area (Å²) < 4.78 is 6.53. The van der Waals surface area contributed by atoms with Crippen molar-refractivity contribution in [2.24, 2.45) is 0 Å². The van der Waals surface area contributed by atoms with E-state index in [1.54, 1.807) is 7.05 Å². The van der Waals surface area contributed by atoms with Gasteiger partial charge in [-0.25, -0.2) is 0 Å². The number of rotatable bonds is 3. The van der Waals surface area contributed by atoms with Crippen LogP contribution in [0.15, 0.2) is 0 Å². The minimum atomic E-state index is 0.183. The molecule has 1 fully saturated rings. The quantitative estimate of drug-likeness (QED) is 0.580. The largest absolute Gasteiger partial charge is 0.368 e. The second-order valence-corrected chi connectivity index (χ2v) is 3.18. The van der Waals surface area contributed by atoms with Crippen LogP contribution in [-0.2, 0) is 4.74 Å². The van der Waals surface area contributed by atoms with E-state index in [1.807, 2.05) is 0 Å². The molecular formula is C8H16NO2+. The van der Waals surface area contributed by atoms with Crippen LogP contribution in [0.4, 0.5) is 0 Å². The predicted octanol–water partition coefficient (Wildman–Crippen LogP) is 1.35. The summed E-state index contributed by atoms with van der Waals surface area (Å²) in [6.45, 7) is 2.64. The van der Waals surface area contributed by atoms with E-state index in [0.29, 0.717) is 12.6 Å². The zero-order valence-electron chi connectivity index (χ0n) is 7.25. The zero-order chi connectivity index (χ0) is 8.27. The highest BCUT2D eigenvalue weighted by Gasteiger charge is 2.27. The molecule has 1 saturated heterocycles. The maximum absolute atomic E-state index is 10.6. The SMILES string of the molecule is CCC1CCC(C[N+](C)=O)O1. The van der Waals surface area contributed by atoms with Crippen LogP contribution in [0.5, 0.6) is 0 Å². The van der Waals surface area contributed by atoms with Gasteiger partial charge in [-0.2, -0.15) is 0 Å². The molecule has 0 amide bonds. The van der Waals surface area contributed by atoms with E-state index in [-0.39, 0.29) is 6.10 Å². The predicted molar refractivity (Wildman–Crippen MR) is 42.6 cm³/mol. The highest BCUT2D eigenvalue weighted by molar-refractivity contribution is 4.71. The first-order chi connectivity index (χ1) is 5.22. The number of ether oxygens (including phenoxy) is 1. The number of nitrogens with zero attached hydrogens (tertiary/aromatic N) is 1. The highest BCUT2D eigenvalue weighted by Crippen LogP contribution is 2.21. The molecule has 0 aromatic heterocycles. The van der Waals surface area contributed by atoms with Gasteiger partial charge in [0, 0.05) is 4.91 Å². The average molecular weight is 158 g/mol. The summed E-state index contributed by atoms with van der Waals surface area (Å²) in [6.07, 6.45) is 3.82. The molecule has 0 radical (unpaired) electrons. The lowest BCUT2D eigenvalue weighted by atomic mass is 10.1. The Kier molecular flexibility index (Phi) is 3.00. The topological polar surface area (TPSA) is 29.3 Å². The molecule has 1 aliphatic heterocycles. The maximum atomic E-state index is 10.6. The first kappa shape index (κ1) is 8.65. The minimum absolute atomic E-state index is 0.183. The molecule has 11 heavy (non-hydrogen) atoms. The second-order valence-electron chi connectivity index (χ2n) is 3.18. The van der Waals surface area contributed by atoms with Gasteiger partial charge in [0.1, 0.15) is 6.10 Å². The van der Waals surface area contributed by atoms with Crippen LogP contribution in [0.25, 0.3) is 0 Å². The van der Waals surface area contributed by atoms with Crippen molar-refractivity contribution in [2.75, 3.05) is 13.6 Å². The normalized spacial score (nSPS) is 30.7. The van der Waals surface area contributed by atoms with Gasteiger partial charge in [-0.15, -0.1) is 0 Å². The monoisotopic (exact) mass is 158 g/mol. The van der Waals surface area contributed by atoms with Gasteiger partial charge in [0.15, 0.2) is 7.05 Å². The van der Waals surface area contributed by atoms with Crippen LogP contribution in [0, 0.1) is 4.91 Å². The van der Waals surface area contributed by atoms with Crippen molar-refractivity contribution in [1.29, 1.82) is 0 Å². The van der Waals surface area contributed by atoms with Crippen LogP contribution < -0.4 is 0 Å². The first-order valence-corrected chi connectivity index (χ1v) is 4.26. The molecule has 0 aliphatic carbocycles. The lowest BCUT2D eigenvalue weighted by molar-refractivity contribution is -0.528. The Morgan fingerprint density at radius 3 is 2.55 bits per heavy atom. The van der Waals surface area contributed by atoms with Crippen molar-refractivity contribution in [3.8, 4) is 0 Å². The van der Waals surface area contributed by atoms with Gasteiger partial charge in [0.25, 0.3) is 0 Å². The molecule has 1 heterocycles. The van der Waals surface area contributed by atoms with Crippen LogP contribution in [0.2, 0.25) is 0 Å². The zero-order valence-corrected chi connectivity index (χ0v) is 7.25. The summed E-state index contributed by atoms with van der Waals surface area (Å²) in [4.78, 5) is 10.6. The molecule has 1 rings (SSSR count). The molecule has 1 aliphatic rings. The summed E-state index contributed by atoms with van der Waals surface area (Å²) >= 11 is 0. The maximum Gasteiger partial charge on any atom is 0.217 e. The summed E-state index contributed by atoms with van der Waals surface area (Å²) in [6, 6.07) is 0. The Balaban J connectivity index is 2.24. The molecule has 64 valence electrons. The Morgan fingerprint density at radius 2 is 2.09 bits per heavy atom. The van der Waals surface area contributed by atoms with Crippen molar-refractivity contribution in [1.82, 2.24) is 0 Å².